The van der Waals surface area contributed by atoms with Crippen LogP contribution in [0.15, 0.2) is 76.9 Å². The molecule has 8 nitrogen and oxygen atoms in total. The molecule has 34 heavy (non-hydrogen) atoms. The van der Waals surface area contributed by atoms with Gasteiger partial charge >= 0.3 is 11.9 Å². The van der Waals surface area contributed by atoms with Gasteiger partial charge in [-0.15, -0.1) is 0 Å². The van der Waals surface area contributed by atoms with Gasteiger partial charge in [-0.1, -0.05) is 48.5 Å². The van der Waals surface area contributed by atoms with Crippen molar-refractivity contribution in [3.63, 3.8) is 0 Å². The van der Waals surface area contributed by atoms with E-state index in [0.29, 0.717) is 17.0 Å². The van der Waals surface area contributed by atoms with E-state index >= 15 is 0 Å². The van der Waals surface area contributed by atoms with Crippen molar-refractivity contribution >= 4 is 29.4 Å². The largest absolute Gasteiger partial charge is 0.465 e. The van der Waals surface area contributed by atoms with Crippen molar-refractivity contribution in [1.29, 1.82) is 0 Å². The first-order valence-electron chi connectivity index (χ1n) is 11.0. The highest BCUT2D eigenvalue weighted by Crippen LogP contribution is 2.41. The molecule has 176 valence electrons. The number of rotatable bonds is 8. The number of nitro benzene ring substituents is 1. The van der Waals surface area contributed by atoms with Crippen LogP contribution in [0.5, 0.6) is 0 Å². The van der Waals surface area contributed by atoms with E-state index in [1.807, 2.05) is 30.3 Å². The van der Waals surface area contributed by atoms with Crippen LogP contribution in [-0.4, -0.2) is 35.8 Å². The van der Waals surface area contributed by atoms with Crippen molar-refractivity contribution in [3.05, 3.63) is 93.2 Å². The van der Waals surface area contributed by atoms with Gasteiger partial charge in [0.1, 0.15) is 5.92 Å². The Morgan fingerprint density at radius 1 is 1.03 bits per heavy atom. The fourth-order valence-electron chi connectivity index (χ4n) is 3.92. The number of nitrogens with zero attached hydrogens (tertiary/aromatic N) is 2. The Morgan fingerprint density at radius 2 is 1.74 bits per heavy atom. The van der Waals surface area contributed by atoms with Gasteiger partial charge in [-0.2, -0.15) is 0 Å². The number of ether oxygens (including phenoxy) is 2. The maximum atomic E-state index is 13.2. The quantitative estimate of drug-likeness (QED) is 0.315. The van der Waals surface area contributed by atoms with Gasteiger partial charge in [-0.05, 0) is 38.0 Å². The summed E-state index contributed by atoms with van der Waals surface area (Å²) in [6.07, 6.45) is 3.50. The Labute approximate surface area is 197 Å². The monoisotopic (exact) mass is 462 g/mol. The van der Waals surface area contributed by atoms with Gasteiger partial charge in [0.25, 0.3) is 5.69 Å². The number of aliphatic imine (C=N–C) groups is 1. The molecule has 2 atom stereocenters. The first kappa shape index (κ1) is 24.6. The summed E-state index contributed by atoms with van der Waals surface area (Å²) in [7, 11) is 0. The minimum absolute atomic E-state index is 0.117. The predicted molar refractivity (Wildman–Crippen MR) is 128 cm³/mol. The molecular formula is C26H26N2O6. The van der Waals surface area contributed by atoms with Gasteiger partial charge < -0.3 is 9.47 Å². The normalized spacial score (nSPS) is 17.9. The Morgan fingerprint density at radius 3 is 2.38 bits per heavy atom. The third-order valence-corrected chi connectivity index (χ3v) is 5.38. The van der Waals surface area contributed by atoms with Crippen LogP contribution < -0.4 is 0 Å². The zero-order valence-corrected chi connectivity index (χ0v) is 19.3. The van der Waals surface area contributed by atoms with E-state index in [9.17, 15) is 19.7 Å². The van der Waals surface area contributed by atoms with E-state index < -0.39 is 28.7 Å². The Hall–Kier alpha value is -4.07. The predicted octanol–water partition coefficient (Wildman–Crippen LogP) is 4.86. The number of non-ortho nitro benzene ring substituents is 1. The van der Waals surface area contributed by atoms with Gasteiger partial charge in [-0.25, -0.2) is 4.79 Å². The lowest BCUT2D eigenvalue weighted by Crippen LogP contribution is -2.36. The van der Waals surface area contributed by atoms with Gasteiger partial charge in [0.2, 0.25) is 0 Å². The first-order chi connectivity index (χ1) is 16.4. The van der Waals surface area contributed by atoms with Crippen LogP contribution >= 0.6 is 0 Å². The molecule has 1 heterocycles. The molecule has 2 aromatic carbocycles. The molecule has 3 rings (SSSR count). The molecule has 0 bridgehead atoms. The van der Waals surface area contributed by atoms with Gasteiger partial charge in [0.15, 0.2) is 0 Å². The molecule has 1 aliphatic heterocycles. The zero-order chi connectivity index (χ0) is 24.7. The number of hydrogen-bond acceptors (Lipinski definition) is 7. The van der Waals surface area contributed by atoms with Gasteiger partial charge in [-0.3, -0.25) is 19.9 Å². The molecule has 0 amide bonds. The Bertz CT molecular complexity index is 1170. The molecule has 0 radical (unpaired) electrons. The summed E-state index contributed by atoms with van der Waals surface area (Å²) in [6, 6.07) is 15.4. The molecular weight excluding hydrogens is 436 g/mol. The second kappa shape index (κ2) is 11.2. The minimum atomic E-state index is -0.935. The van der Waals surface area contributed by atoms with E-state index in [4.69, 9.17) is 9.47 Å². The van der Waals surface area contributed by atoms with Crippen LogP contribution in [0.3, 0.4) is 0 Å². The smallest absolute Gasteiger partial charge is 0.336 e. The van der Waals surface area contributed by atoms with Crippen LogP contribution in [0.2, 0.25) is 0 Å². The van der Waals surface area contributed by atoms with Crippen LogP contribution in [0.4, 0.5) is 5.69 Å². The molecule has 2 aromatic rings. The van der Waals surface area contributed by atoms with Crippen LogP contribution in [-0.2, 0) is 19.1 Å². The summed E-state index contributed by atoms with van der Waals surface area (Å²) in [5, 5.41) is 11.4. The fraction of sp³-hybridized carbons (Fsp3) is 0.269. The maximum Gasteiger partial charge on any atom is 0.336 e. The number of esters is 2. The highest BCUT2D eigenvalue weighted by molar-refractivity contribution is 6.07. The molecule has 2 unspecified atom stereocenters. The average Bonchev–Trinajstić information content (AvgIpc) is 2.83. The van der Waals surface area contributed by atoms with Gasteiger partial charge in [0.05, 0.1) is 29.4 Å². The van der Waals surface area contributed by atoms with Crippen LogP contribution in [0, 0.1) is 16.0 Å². The number of allylic oxidation sites excluding steroid dienone is 1. The van der Waals surface area contributed by atoms with Gasteiger partial charge in [0, 0.05) is 23.8 Å². The summed E-state index contributed by atoms with van der Waals surface area (Å²) in [5.74, 6) is -3.01. The lowest BCUT2D eigenvalue weighted by atomic mass is 9.75. The molecule has 8 heteroatoms. The molecule has 0 fully saturated rings. The van der Waals surface area contributed by atoms with Crippen molar-refractivity contribution in [2.45, 2.75) is 26.7 Å². The van der Waals surface area contributed by atoms with E-state index in [-0.39, 0.29) is 24.5 Å². The average molecular weight is 463 g/mol. The molecule has 0 saturated carbocycles. The lowest BCUT2D eigenvalue weighted by Gasteiger charge is -2.31. The van der Waals surface area contributed by atoms with E-state index in [0.717, 1.165) is 5.56 Å². The van der Waals surface area contributed by atoms with Crippen molar-refractivity contribution in [2.24, 2.45) is 10.9 Å². The summed E-state index contributed by atoms with van der Waals surface area (Å²) in [6.45, 7) is 5.31. The highest BCUT2D eigenvalue weighted by Gasteiger charge is 2.43. The van der Waals surface area contributed by atoms with E-state index in [1.165, 1.54) is 18.2 Å². The summed E-state index contributed by atoms with van der Waals surface area (Å²) >= 11 is 0. The number of carbonyl (C=O) groups is 2. The van der Waals surface area contributed by atoms with Crippen LogP contribution in [0.25, 0.3) is 6.08 Å². The third kappa shape index (κ3) is 5.46. The number of hydrogen-bond donors (Lipinski definition) is 0. The van der Waals surface area contributed by atoms with Crippen molar-refractivity contribution in [2.75, 3.05) is 13.2 Å². The Balaban J connectivity index is 2.24. The zero-order valence-electron chi connectivity index (χ0n) is 19.3. The van der Waals surface area contributed by atoms with Crippen LogP contribution in [0.1, 0.15) is 37.8 Å². The second-order valence-corrected chi connectivity index (χ2v) is 7.58. The minimum Gasteiger partial charge on any atom is -0.465 e. The standard InChI is InChI=1S/C26H26N2O6/c1-4-33-25(29)22-17(3)27-21(15-14-18-10-7-6-8-11-18)24(26(30)34-5-2)23(22)19-12-9-13-20(16-19)28(31)32/h6-16,22-23H,4-5H2,1-3H3. The van der Waals surface area contributed by atoms with E-state index in [2.05, 4.69) is 4.99 Å². The molecule has 0 N–H and O–H groups in total. The number of nitro groups is 1. The van der Waals surface area contributed by atoms with Crippen molar-refractivity contribution < 1.29 is 24.0 Å². The fourth-order valence-corrected chi connectivity index (χ4v) is 3.92. The van der Waals surface area contributed by atoms with Crippen molar-refractivity contribution in [3.8, 4) is 0 Å². The highest BCUT2D eigenvalue weighted by atomic mass is 16.6. The summed E-state index contributed by atoms with van der Waals surface area (Å²) < 4.78 is 10.6. The summed E-state index contributed by atoms with van der Waals surface area (Å²) in [5.41, 5.74) is 2.09. The molecule has 0 saturated heterocycles. The molecule has 0 aromatic heterocycles. The number of carbonyl (C=O) groups excluding carboxylic acids is 2. The topological polar surface area (TPSA) is 108 Å². The van der Waals surface area contributed by atoms with E-state index in [1.54, 1.807) is 39.0 Å². The molecule has 0 spiro atoms. The first-order valence-corrected chi connectivity index (χ1v) is 11.0. The SMILES string of the molecule is CCOC(=O)C1=C(C=Cc2ccccc2)N=C(C)C(C(=O)OCC)C1c1cccc([N+](=O)[O-])c1. The second-order valence-electron chi connectivity index (χ2n) is 7.58. The number of benzene rings is 2. The lowest BCUT2D eigenvalue weighted by molar-refractivity contribution is -0.384. The third-order valence-electron chi connectivity index (χ3n) is 5.38. The Kier molecular flexibility index (Phi) is 8.08. The molecule has 1 aliphatic rings. The van der Waals surface area contributed by atoms with Crippen molar-refractivity contribution in [1.82, 2.24) is 0 Å². The maximum absolute atomic E-state index is 13.2. The summed E-state index contributed by atoms with van der Waals surface area (Å²) in [4.78, 5) is 41.7. The molecule has 0 aliphatic carbocycles.